The molecule has 3 N–H and O–H groups in total. The van der Waals surface area contributed by atoms with Crippen LogP contribution in [0.25, 0.3) is 11.2 Å². The summed E-state index contributed by atoms with van der Waals surface area (Å²) < 4.78 is 20.4. The molecule has 2 aromatic rings. The van der Waals surface area contributed by atoms with Gasteiger partial charge < -0.3 is 19.9 Å². The van der Waals surface area contributed by atoms with Crippen molar-refractivity contribution in [3.63, 3.8) is 0 Å². The van der Waals surface area contributed by atoms with Gasteiger partial charge in [0.1, 0.15) is 11.8 Å². The molecule has 0 bridgehead atoms. The van der Waals surface area contributed by atoms with Crippen molar-refractivity contribution in [1.29, 1.82) is 0 Å². The first-order chi connectivity index (χ1) is 11.3. The van der Waals surface area contributed by atoms with Crippen molar-refractivity contribution in [2.75, 3.05) is 32.2 Å². The number of hydrogen-bond acceptors (Lipinski definition) is 6. The van der Waals surface area contributed by atoms with Crippen LogP contribution in [0.15, 0.2) is 12.7 Å². The van der Waals surface area contributed by atoms with Gasteiger partial charge in [0.25, 0.3) is 0 Å². The molecule has 1 aliphatic rings. The van der Waals surface area contributed by atoms with Gasteiger partial charge in [-0.15, -0.1) is 0 Å². The summed E-state index contributed by atoms with van der Waals surface area (Å²) in [5.74, 6) is 0.332. The van der Waals surface area contributed by atoms with Crippen LogP contribution in [0.1, 0.15) is 19.8 Å². The third kappa shape index (κ3) is 3.17. The molecule has 0 aromatic carbocycles. The lowest BCUT2D eigenvalue weighted by molar-refractivity contribution is -0.783. The van der Waals surface area contributed by atoms with Crippen molar-refractivity contribution in [1.82, 2.24) is 19.5 Å². The third-order valence-corrected chi connectivity index (χ3v) is 7.09. The number of likely N-dealkylation sites (tertiary alicyclic amines) is 1. The van der Waals surface area contributed by atoms with Crippen molar-refractivity contribution >= 4 is 24.5 Å². The summed E-state index contributed by atoms with van der Waals surface area (Å²) in [5, 5.41) is 0. The van der Waals surface area contributed by atoms with E-state index in [0.717, 1.165) is 25.9 Å². The first-order valence-electron chi connectivity index (χ1n) is 8.02. The summed E-state index contributed by atoms with van der Waals surface area (Å²) in [6.45, 7) is 3.79. The zero-order chi connectivity index (χ0) is 17.4. The fourth-order valence-electron chi connectivity index (χ4n) is 3.05. The van der Waals surface area contributed by atoms with Crippen molar-refractivity contribution in [2.24, 2.45) is 0 Å². The lowest BCUT2D eigenvalue weighted by atomic mass is 10.4. The molecule has 2 aromatic heterocycles. The first-order valence-corrected chi connectivity index (χ1v) is 9.82. The van der Waals surface area contributed by atoms with Gasteiger partial charge in [-0.05, 0) is 6.92 Å². The fourth-order valence-corrected chi connectivity index (χ4v) is 4.69. The highest BCUT2D eigenvalue weighted by Crippen LogP contribution is 2.53. The Bertz CT molecular complexity index is 773. The minimum absolute atomic E-state index is 0.144. The number of hydrogen-bond donors (Lipinski definition) is 2. The van der Waals surface area contributed by atoms with Crippen LogP contribution in [0.4, 0.5) is 5.82 Å². The van der Waals surface area contributed by atoms with E-state index >= 15 is 0 Å². The molecule has 2 atom stereocenters. The van der Waals surface area contributed by atoms with Crippen molar-refractivity contribution in [3.8, 4) is 0 Å². The van der Waals surface area contributed by atoms with E-state index in [2.05, 4.69) is 15.0 Å². The van der Waals surface area contributed by atoms with E-state index in [1.54, 1.807) is 6.33 Å². The summed E-state index contributed by atoms with van der Waals surface area (Å²) in [6.07, 6.45) is 4.59. The maximum Gasteiger partial charge on any atom is 0.404 e. The molecule has 1 unspecified atom stereocenters. The van der Waals surface area contributed by atoms with E-state index < -0.39 is 7.52 Å². The lowest BCUT2D eigenvalue weighted by Crippen LogP contribution is -2.38. The van der Waals surface area contributed by atoms with Gasteiger partial charge in [-0.1, -0.05) is 0 Å². The standard InChI is InChI=1S/C14H23N6O3P/c1-11(23-10-24(21,22)20(2)5-3-4-6-20)7-19-9-18-12-13(15)16-8-17-14(12)19/h8-9,11H,3-7,10H2,1-2H3,(H2-,15,16,17,21,22)/p+1/t11-/m1/s1. The van der Waals surface area contributed by atoms with E-state index in [0.29, 0.717) is 23.5 Å². The minimum Gasteiger partial charge on any atom is -0.382 e. The molecule has 9 nitrogen and oxygen atoms in total. The fraction of sp³-hybridized carbons (Fsp3) is 0.643. The Morgan fingerprint density at radius 2 is 2.12 bits per heavy atom. The van der Waals surface area contributed by atoms with Gasteiger partial charge in [-0.2, -0.15) is 0 Å². The highest BCUT2D eigenvalue weighted by atomic mass is 31.2. The van der Waals surface area contributed by atoms with Crippen LogP contribution in [-0.4, -0.2) is 61.3 Å². The molecule has 0 saturated carbocycles. The number of aromatic nitrogens is 4. The number of nitrogens with two attached hydrogens (primary N) is 1. The molecule has 10 heteroatoms. The second-order valence-electron chi connectivity index (χ2n) is 6.59. The Morgan fingerprint density at radius 1 is 1.42 bits per heavy atom. The number of quaternary nitrogens is 1. The molecule has 3 heterocycles. The smallest absolute Gasteiger partial charge is 0.382 e. The average Bonchev–Trinajstić information content (AvgIpc) is 3.15. The largest absolute Gasteiger partial charge is 0.404 e. The molecular weight excluding hydrogens is 331 g/mol. The Hall–Kier alpha value is -1.54. The van der Waals surface area contributed by atoms with Crippen molar-refractivity contribution in [3.05, 3.63) is 12.7 Å². The van der Waals surface area contributed by atoms with Crippen LogP contribution in [-0.2, 0) is 15.8 Å². The summed E-state index contributed by atoms with van der Waals surface area (Å²) in [4.78, 5) is 22.7. The summed E-state index contributed by atoms with van der Waals surface area (Å²) in [6, 6.07) is 0. The third-order valence-electron chi connectivity index (χ3n) is 4.69. The molecule has 1 aliphatic heterocycles. The van der Waals surface area contributed by atoms with Gasteiger partial charge >= 0.3 is 7.52 Å². The summed E-state index contributed by atoms with van der Waals surface area (Å²) in [5.41, 5.74) is 6.95. The number of ether oxygens (including phenoxy) is 1. The Balaban J connectivity index is 1.64. The van der Waals surface area contributed by atoms with Crippen molar-refractivity contribution in [2.45, 2.75) is 32.4 Å². The second kappa shape index (κ2) is 6.40. The quantitative estimate of drug-likeness (QED) is 0.748. The minimum atomic E-state index is -3.41. The van der Waals surface area contributed by atoms with Crippen LogP contribution in [0, 0.1) is 0 Å². The summed E-state index contributed by atoms with van der Waals surface area (Å²) >= 11 is 0. The van der Waals surface area contributed by atoms with Crippen molar-refractivity contribution < 1.29 is 18.4 Å². The highest BCUT2D eigenvalue weighted by molar-refractivity contribution is 7.51. The number of imidazole rings is 1. The average molecular weight is 355 g/mol. The number of nitrogen functional groups attached to an aromatic ring is 1. The number of nitrogens with zero attached hydrogens (tertiary/aromatic N) is 5. The number of fused-ring (bicyclic) bond motifs is 1. The zero-order valence-corrected chi connectivity index (χ0v) is 14.9. The van der Waals surface area contributed by atoms with Crippen LogP contribution in [0.3, 0.4) is 0 Å². The molecule has 24 heavy (non-hydrogen) atoms. The lowest BCUT2D eigenvalue weighted by Gasteiger charge is -2.33. The molecule has 0 aliphatic carbocycles. The van der Waals surface area contributed by atoms with Crippen LogP contribution < -0.4 is 5.73 Å². The van der Waals surface area contributed by atoms with Crippen LogP contribution >= 0.6 is 7.52 Å². The van der Waals surface area contributed by atoms with E-state index in [4.69, 9.17) is 10.5 Å². The highest BCUT2D eigenvalue weighted by Gasteiger charge is 2.45. The van der Waals surface area contributed by atoms with Gasteiger partial charge in [0.2, 0.25) is 0 Å². The van der Waals surface area contributed by atoms with Gasteiger partial charge in [0, 0.05) is 12.8 Å². The van der Waals surface area contributed by atoms with Gasteiger partial charge in [-0.3, -0.25) is 4.25 Å². The molecule has 3 rings (SSSR count). The first kappa shape index (κ1) is 17.3. The molecule has 1 saturated heterocycles. The Morgan fingerprint density at radius 3 is 2.83 bits per heavy atom. The topological polar surface area (TPSA) is 116 Å². The van der Waals surface area contributed by atoms with E-state index in [9.17, 15) is 9.46 Å². The van der Waals surface area contributed by atoms with Gasteiger partial charge in [0.15, 0.2) is 17.8 Å². The molecule has 0 amide bonds. The van der Waals surface area contributed by atoms with Gasteiger partial charge in [0.05, 0.1) is 39.1 Å². The molecule has 0 spiro atoms. The van der Waals surface area contributed by atoms with Crippen LogP contribution in [0.2, 0.25) is 0 Å². The predicted octanol–water partition coefficient (Wildman–Crippen LogP) is 1.20. The van der Waals surface area contributed by atoms with E-state index in [1.807, 2.05) is 18.5 Å². The maximum atomic E-state index is 12.6. The normalized spacial score (nSPS) is 21.0. The SMILES string of the molecule is C[C@H](Cn1cnc2c(N)ncnc21)OCP(=O)(O)[N+]1(C)CCCC1. The zero-order valence-electron chi connectivity index (χ0n) is 14.0. The van der Waals surface area contributed by atoms with Gasteiger partial charge in [-0.25, -0.2) is 19.5 Å². The van der Waals surface area contributed by atoms with E-state index in [1.165, 1.54) is 6.33 Å². The predicted molar refractivity (Wildman–Crippen MR) is 90.1 cm³/mol. The number of rotatable bonds is 6. The summed E-state index contributed by atoms with van der Waals surface area (Å²) in [7, 11) is -1.57. The Kier molecular flexibility index (Phi) is 4.61. The van der Waals surface area contributed by atoms with Crippen LogP contribution in [0.5, 0.6) is 0 Å². The molecule has 0 radical (unpaired) electrons. The maximum absolute atomic E-state index is 12.6. The molecular formula is C14H24N6O3P+. The molecule has 132 valence electrons. The second-order valence-corrected chi connectivity index (χ2v) is 9.15. The monoisotopic (exact) mass is 355 g/mol. The Labute approximate surface area is 140 Å². The van der Waals surface area contributed by atoms with E-state index in [-0.39, 0.29) is 16.7 Å². The number of anilines is 1. The molecule has 1 fully saturated rings.